The van der Waals surface area contributed by atoms with Gasteiger partial charge in [0.05, 0.1) is 16.1 Å². The molecule has 0 spiro atoms. The van der Waals surface area contributed by atoms with E-state index < -0.39 is 6.04 Å². The summed E-state index contributed by atoms with van der Waals surface area (Å²) >= 11 is 12.1. The normalized spacial score (nSPS) is 17.5. The zero-order valence-electron chi connectivity index (χ0n) is 12.0. The summed E-state index contributed by atoms with van der Waals surface area (Å²) in [5, 5.41) is 0.974. The van der Waals surface area contributed by atoms with Crippen LogP contribution < -0.4 is 5.73 Å². The second-order valence-corrected chi connectivity index (χ2v) is 6.17. The number of carbonyl (C=O) groups excluding carboxylic acids is 1. The molecule has 4 nitrogen and oxygen atoms in total. The first-order chi connectivity index (χ1) is 10.0. The van der Waals surface area contributed by atoms with Gasteiger partial charge in [-0.3, -0.25) is 4.79 Å². The minimum absolute atomic E-state index is 0.0713. The smallest absolute Gasteiger partial charge is 0.239 e. The zero-order chi connectivity index (χ0) is 15.4. The molecule has 2 N–H and O–H groups in total. The summed E-state index contributed by atoms with van der Waals surface area (Å²) in [4.78, 5) is 14.0. The molecule has 0 saturated carbocycles. The Bertz CT molecular complexity index is 504. The molecule has 0 aromatic heterocycles. The van der Waals surface area contributed by atoms with Crippen LogP contribution in [0.3, 0.4) is 0 Å². The summed E-state index contributed by atoms with van der Waals surface area (Å²) in [5.41, 5.74) is 6.93. The van der Waals surface area contributed by atoms with E-state index in [0.717, 1.165) is 18.4 Å². The highest BCUT2D eigenvalue weighted by atomic mass is 35.5. The first kappa shape index (κ1) is 16.6. The van der Waals surface area contributed by atoms with Crippen LogP contribution in [-0.2, 0) is 16.1 Å². The lowest BCUT2D eigenvalue weighted by Crippen LogP contribution is -2.47. The quantitative estimate of drug-likeness (QED) is 0.923. The summed E-state index contributed by atoms with van der Waals surface area (Å²) < 4.78 is 5.30. The summed E-state index contributed by atoms with van der Waals surface area (Å²) in [6, 6.07) is 4.91. The Labute approximate surface area is 135 Å². The maximum absolute atomic E-state index is 12.4. The molecule has 0 bridgehead atoms. The molecule has 1 amide bonds. The molecule has 1 unspecified atom stereocenters. The number of benzene rings is 1. The Morgan fingerprint density at radius 1 is 1.43 bits per heavy atom. The van der Waals surface area contributed by atoms with Crippen molar-refractivity contribution >= 4 is 29.1 Å². The van der Waals surface area contributed by atoms with E-state index in [-0.39, 0.29) is 11.8 Å². The highest BCUT2D eigenvalue weighted by molar-refractivity contribution is 6.42. The zero-order valence-corrected chi connectivity index (χ0v) is 13.5. The monoisotopic (exact) mass is 330 g/mol. The average Bonchev–Trinajstić information content (AvgIpc) is 2.51. The largest absolute Gasteiger partial charge is 0.381 e. The predicted molar refractivity (Wildman–Crippen MR) is 84.5 cm³/mol. The molecular formula is C15H20Cl2N2O2. The topological polar surface area (TPSA) is 55.6 Å². The van der Waals surface area contributed by atoms with E-state index in [1.54, 1.807) is 18.0 Å². The molecular weight excluding hydrogens is 311 g/mol. The molecule has 1 atom stereocenters. The van der Waals surface area contributed by atoms with Gasteiger partial charge in [-0.2, -0.15) is 0 Å². The lowest BCUT2D eigenvalue weighted by molar-refractivity contribution is -0.133. The van der Waals surface area contributed by atoms with Crippen molar-refractivity contribution in [3.63, 3.8) is 0 Å². The van der Waals surface area contributed by atoms with Crippen molar-refractivity contribution in [2.75, 3.05) is 20.3 Å². The van der Waals surface area contributed by atoms with E-state index >= 15 is 0 Å². The molecule has 1 heterocycles. The number of likely N-dealkylation sites (N-methyl/N-ethyl adjacent to an activating group) is 1. The van der Waals surface area contributed by atoms with Crippen molar-refractivity contribution in [1.29, 1.82) is 0 Å². The number of nitrogens with two attached hydrogens (primary N) is 1. The van der Waals surface area contributed by atoms with Crippen LogP contribution in [0.2, 0.25) is 10.0 Å². The van der Waals surface area contributed by atoms with Gasteiger partial charge in [0.2, 0.25) is 5.91 Å². The summed E-state index contributed by atoms with van der Waals surface area (Å²) in [6.07, 6.45) is 1.66. The molecule has 0 radical (unpaired) electrons. The van der Waals surface area contributed by atoms with Crippen molar-refractivity contribution in [1.82, 2.24) is 4.90 Å². The molecule has 1 saturated heterocycles. The SMILES string of the molecule is CN(Cc1cccc(Cl)c1Cl)C(=O)C(N)C1CCOCC1. The second-order valence-electron chi connectivity index (χ2n) is 5.38. The molecule has 116 valence electrons. The van der Waals surface area contributed by atoms with Crippen molar-refractivity contribution in [2.45, 2.75) is 25.4 Å². The van der Waals surface area contributed by atoms with E-state index in [9.17, 15) is 4.79 Å². The van der Waals surface area contributed by atoms with Gasteiger partial charge in [0, 0.05) is 26.8 Å². The average molecular weight is 331 g/mol. The molecule has 1 aromatic carbocycles. The Kier molecular flexibility index (Phi) is 5.88. The molecule has 2 rings (SSSR count). The Hall–Kier alpha value is -0.810. The standard InChI is InChI=1S/C15H20Cl2N2O2/c1-19(9-11-3-2-4-12(16)13(11)17)15(20)14(18)10-5-7-21-8-6-10/h2-4,10,14H,5-9,18H2,1H3. The van der Waals surface area contributed by atoms with Gasteiger partial charge in [-0.25, -0.2) is 0 Å². The fraction of sp³-hybridized carbons (Fsp3) is 0.533. The van der Waals surface area contributed by atoms with Crippen LogP contribution >= 0.6 is 23.2 Å². The number of ether oxygens (including phenoxy) is 1. The lowest BCUT2D eigenvalue weighted by Gasteiger charge is -2.30. The minimum Gasteiger partial charge on any atom is -0.381 e. The summed E-state index contributed by atoms with van der Waals surface area (Å²) in [5.74, 6) is 0.112. The number of nitrogens with zero attached hydrogens (tertiary/aromatic N) is 1. The first-order valence-electron chi connectivity index (χ1n) is 7.02. The number of hydrogen-bond donors (Lipinski definition) is 1. The maximum Gasteiger partial charge on any atom is 0.239 e. The van der Waals surface area contributed by atoms with Gasteiger partial charge < -0.3 is 15.4 Å². The van der Waals surface area contributed by atoms with Gasteiger partial charge in [0.1, 0.15) is 0 Å². The highest BCUT2D eigenvalue weighted by Gasteiger charge is 2.28. The summed E-state index contributed by atoms with van der Waals surface area (Å²) in [6.45, 7) is 1.75. The third-order valence-corrected chi connectivity index (χ3v) is 4.73. The van der Waals surface area contributed by atoms with Crippen LogP contribution in [0.25, 0.3) is 0 Å². The van der Waals surface area contributed by atoms with Gasteiger partial charge in [-0.05, 0) is 30.4 Å². The minimum atomic E-state index is -0.489. The van der Waals surface area contributed by atoms with Crippen molar-refractivity contribution in [2.24, 2.45) is 11.7 Å². The fourth-order valence-electron chi connectivity index (χ4n) is 2.54. The van der Waals surface area contributed by atoms with Crippen LogP contribution in [0.4, 0.5) is 0 Å². The third-order valence-electron chi connectivity index (χ3n) is 3.87. The molecule has 6 heteroatoms. The molecule has 1 fully saturated rings. The van der Waals surface area contributed by atoms with E-state index in [0.29, 0.717) is 29.8 Å². The Balaban J connectivity index is 2.00. The Morgan fingerprint density at radius 3 is 2.76 bits per heavy atom. The van der Waals surface area contributed by atoms with Crippen molar-refractivity contribution in [3.05, 3.63) is 33.8 Å². The molecule has 0 aliphatic carbocycles. The van der Waals surface area contributed by atoms with Crippen LogP contribution in [0, 0.1) is 5.92 Å². The Morgan fingerprint density at radius 2 is 2.10 bits per heavy atom. The highest BCUT2D eigenvalue weighted by Crippen LogP contribution is 2.27. The molecule has 1 aliphatic rings. The van der Waals surface area contributed by atoms with E-state index in [4.69, 9.17) is 33.7 Å². The second kappa shape index (κ2) is 7.45. The molecule has 1 aliphatic heterocycles. The van der Waals surface area contributed by atoms with Gasteiger partial charge in [0.15, 0.2) is 0 Å². The third kappa shape index (κ3) is 4.10. The number of carbonyl (C=O) groups is 1. The fourth-order valence-corrected chi connectivity index (χ4v) is 2.91. The predicted octanol–water partition coefficient (Wildman–Crippen LogP) is 2.71. The van der Waals surface area contributed by atoms with Gasteiger partial charge >= 0.3 is 0 Å². The van der Waals surface area contributed by atoms with Gasteiger partial charge in [-0.1, -0.05) is 35.3 Å². The maximum atomic E-state index is 12.4. The molecule has 21 heavy (non-hydrogen) atoms. The van der Waals surface area contributed by atoms with Crippen molar-refractivity contribution < 1.29 is 9.53 Å². The van der Waals surface area contributed by atoms with Crippen LogP contribution in [0.1, 0.15) is 18.4 Å². The van der Waals surface area contributed by atoms with Crippen molar-refractivity contribution in [3.8, 4) is 0 Å². The van der Waals surface area contributed by atoms with E-state index in [1.165, 1.54) is 0 Å². The molecule has 1 aromatic rings. The van der Waals surface area contributed by atoms with E-state index in [2.05, 4.69) is 0 Å². The number of amides is 1. The number of rotatable bonds is 4. The first-order valence-corrected chi connectivity index (χ1v) is 7.77. The lowest BCUT2D eigenvalue weighted by atomic mass is 9.91. The number of halogens is 2. The van der Waals surface area contributed by atoms with Crippen LogP contribution in [0.15, 0.2) is 18.2 Å². The number of hydrogen-bond acceptors (Lipinski definition) is 3. The van der Waals surface area contributed by atoms with E-state index in [1.807, 2.05) is 12.1 Å². The van der Waals surface area contributed by atoms with Crippen LogP contribution in [0.5, 0.6) is 0 Å². The summed E-state index contributed by atoms with van der Waals surface area (Å²) in [7, 11) is 1.73. The van der Waals surface area contributed by atoms with Crippen LogP contribution in [-0.4, -0.2) is 37.1 Å². The van der Waals surface area contributed by atoms with Gasteiger partial charge in [-0.15, -0.1) is 0 Å². The van der Waals surface area contributed by atoms with Gasteiger partial charge in [0.25, 0.3) is 0 Å².